The smallest absolute Gasteiger partial charge is 0.326 e. The topological polar surface area (TPSA) is 159 Å². The van der Waals surface area contributed by atoms with E-state index in [1.54, 1.807) is 13.8 Å². The van der Waals surface area contributed by atoms with Crippen LogP contribution in [0.1, 0.15) is 26.7 Å². The molecule has 0 rings (SSSR count). The molecule has 0 heterocycles. The summed E-state index contributed by atoms with van der Waals surface area (Å²) in [6.07, 6.45) is 1.52. The van der Waals surface area contributed by atoms with Gasteiger partial charge in [-0.1, -0.05) is 13.8 Å². The molecule has 138 valence electrons. The van der Waals surface area contributed by atoms with Gasteiger partial charge in [-0.3, -0.25) is 14.4 Å². The lowest BCUT2D eigenvalue weighted by atomic mass is 10.0. The number of thioether (sulfide) groups is 1. The van der Waals surface area contributed by atoms with Crippen molar-refractivity contribution < 1.29 is 29.4 Å². The maximum atomic E-state index is 12.3. The van der Waals surface area contributed by atoms with Gasteiger partial charge in [-0.2, -0.15) is 11.8 Å². The third-order valence-corrected chi connectivity index (χ3v) is 3.85. The van der Waals surface area contributed by atoms with E-state index in [9.17, 15) is 19.2 Å². The van der Waals surface area contributed by atoms with Crippen LogP contribution in [0.25, 0.3) is 0 Å². The monoisotopic (exact) mass is 363 g/mol. The highest BCUT2D eigenvalue weighted by Gasteiger charge is 2.29. The Morgan fingerprint density at radius 2 is 1.67 bits per heavy atom. The van der Waals surface area contributed by atoms with Gasteiger partial charge in [-0.05, 0) is 24.3 Å². The molecule has 0 unspecified atom stereocenters. The van der Waals surface area contributed by atoms with Crippen LogP contribution in [0.5, 0.6) is 0 Å². The number of hydrogen-bond acceptors (Lipinski definition) is 6. The molecule has 0 aromatic heterocycles. The molecule has 3 atom stereocenters. The van der Waals surface area contributed by atoms with Gasteiger partial charge >= 0.3 is 11.9 Å². The zero-order valence-electron chi connectivity index (χ0n) is 13.9. The molecule has 0 aliphatic heterocycles. The molecule has 0 fully saturated rings. The lowest BCUT2D eigenvalue weighted by Crippen LogP contribution is -2.55. The number of carboxylic acid groups (broad SMARTS) is 2. The zero-order valence-corrected chi connectivity index (χ0v) is 14.8. The minimum Gasteiger partial charge on any atom is -0.481 e. The van der Waals surface area contributed by atoms with Gasteiger partial charge in [-0.25, -0.2) is 4.79 Å². The van der Waals surface area contributed by atoms with Crippen LogP contribution in [0.15, 0.2) is 0 Å². The summed E-state index contributed by atoms with van der Waals surface area (Å²) in [5, 5.41) is 22.6. The summed E-state index contributed by atoms with van der Waals surface area (Å²) in [6, 6.07) is -3.35. The number of aliphatic carboxylic acids is 2. The number of carboxylic acids is 2. The van der Waals surface area contributed by atoms with Crippen molar-refractivity contribution in [2.24, 2.45) is 11.7 Å². The van der Waals surface area contributed by atoms with Gasteiger partial charge in [0.05, 0.1) is 12.5 Å². The molecule has 0 radical (unpaired) electrons. The molecule has 10 heteroatoms. The molecule has 24 heavy (non-hydrogen) atoms. The van der Waals surface area contributed by atoms with E-state index in [2.05, 4.69) is 10.6 Å². The molecule has 9 nitrogen and oxygen atoms in total. The van der Waals surface area contributed by atoms with Crippen molar-refractivity contribution in [3.8, 4) is 0 Å². The van der Waals surface area contributed by atoms with Crippen LogP contribution < -0.4 is 16.4 Å². The molecule has 0 aromatic rings. The first-order valence-corrected chi connectivity index (χ1v) is 8.79. The Morgan fingerprint density at radius 1 is 1.08 bits per heavy atom. The van der Waals surface area contributed by atoms with Crippen molar-refractivity contribution in [2.45, 2.75) is 44.8 Å². The number of hydrogen-bond donors (Lipinski definition) is 5. The standard InChI is InChI=1S/C14H25N3O6S/c1-7(2)11(14(22)23)17-13(21)9(4-5-24-3)16-12(20)8(15)6-10(18)19/h7-9,11H,4-6,15H2,1-3H3,(H,16,20)(H,17,21)(H,18,19)(H,22,23)/t8-,9-,11-/m0/s1. The van der Waals surface area contributed by atoms with E-state index < -0.39 is 48.3 Å². The van der Waals surface area contributed by atoms with Gasteiger partial charge in [0.2, 0.25) is 11.8 Å². The van der Waals surface area contributed by atoms with E-state index in [0.717, 1.165) is 0 Å². The van der Waals surface area contributed by atoms with Crippen molar-refractivity contribution in [3.05, 3.63) is 0 Å². The van der Waals surface area contributed by atoms with Gasteiger partial charge in [0.25, 0.3) is 0 Å². The Bertz CT molecular complexity index is 471. The van der Waals surface area contributed by atoms with Crippen LogP contribution >= 0.6 is 11.8 Å². The second kappa shape index (κ2) is 10.9. The molecule has 0 aliphatic carbocycles. The summed E-state index contributed by atoms with van der Waals surface area (Å²) in [6.45, 7) is 3.30. The number of rotatable bonds is 11. The number of nitrogens with two attached hydrogens (primary N) is 1. The fraction of sp³-hybridized carbons (Fsp3) is 0.714. The SMILES string of the molecule is CSCC[C@H](NC(=O)[C@@H](N)CC(=O)O)C(=O)N[C@H](C(=O)O)C(C)C. The number of nitrogens with one attached hydrogen (secondary N) is 2. The quantitative estimate of drug-likeness (QED) is 0.321. The van der Waals surface area contributed by atoms with Crippen molar-refractivity contribution in [1.82, 2.24) is 10.6 Å². The molecular weight excluding hydrogens is 338 g/mol. The van der Waals surface area contributed by atoms with E-state index in [0.29, 0.717) is 5.75 Å². The first-order chi connectivity index (χ1) is 11.1. The van der Waals surface area contributed by atoms with Gasteiger partial charge in [0.1, 0.15) is 12.1 Å². The van der Waals surface area contributed by atoms with Crippen LogP contribution in [0.4, 0.5) is 0 Å². The van der Waals surface area contributed by atoms with Crippen molar-refractivity contribution in [3.63, 3.8) is 0 Å². The number of carbonyl (C=O) groups is 4. The number of amides is 2. The molecular formula is C14H25N3O6S. The average Bonchev–Trinajstić information content (AvgIpc) is 2.46. The molecule has 6 N–H and O–H groups in total. The van der Waals surface area contributed by atoms with E-state index >= 15 is 0 Å². The highest BCUT2D eigenvalue weighted by atomic mass is 32.2. The first-order valence-electron chi connectivity index (χ1n) is 7.40. The van der Waals surface area contributed by atoms with Crippen LogP contribution in [0.3, 0.4) is 0 Å². The summed E-state index contributed by atoms with van der Waals surface area (Å²) < 4.78 is 0. The van der Waals surface area contributed by atoms with Crippen LogP contribution in [-0.4, -0.2) is 64.1 Å². The van der Waals surface area contributed by atoms with E-state index in [1.165, 1.54) is 11.8 Å². The Kier molecular flexibility index (Phi) is 10.0. The van der Waals surface area contributed by atoms with Gasteiger partial charge < -0.3 is 26.6 Å². The van der Waals surface area contributed by atoms with Crippen LogP contribution in [-0.2, 0) is 19.2 Å². The second-order valence-electron chi connectivity index (χ2n) is 5.62. The molecule has 0 spiro atoms. The maximum absolute atomic E-state index is 12.3. The summed E-state index contributed by atoms with van der Waals surface area (Å²) in [4.78, 5) is 46.0. The van der Waals surface area contributed by atoms with E-state index in [4.69, 9.17) is 15.9 Å². The second-order valence-corrected chi connectivity index (χ2v) is 6.60. The molecule has 2 amide bonds. The summed E-state index contributed by atoms with van der Waals surface area (Å²) >= 11 is 1.45. The predicted molar refractivity (Wildman–Crippen MR) is 89.6 cm³/mol. The van der Waals surface area contributed by atoms with Gasteiger partial charge in [0.15, 0.2) is 0 Å². The highest BCUT2D eigenvalue weighted by Crippen LogP contribution is 2.06. The largest absolute Gasteiger partial charge is 0.481 e. The third-order valence-electron chi connectivity index (χ3n) is 3.21. The van der Waals surface area contributed by atoms with Gasteiger partial charge in [-0.15, -0.1) is 0 Å². The van der Waals surface area contributed by atoms with E-state index in [1.807, 2.05) is 6.26 Å². The Labute approximate surface area is 144 Å². The number of carbonyl (C=O) groups excluding carboxylic acids is 2. The lowest BCUT2D eigenvalue weighted by Gasteiger charge is -2.24. The summed E-state index contributed by atoms with van der Waals surface area (Å²) in [5.41, 5.74) is 5.47. The predicted octanol–water partition coefficient (Wildman–Crippen LogP) is -0.748. The fourth-order valence-electron chi connectivity index (χ4n) is 1.83. The Hall–Kier alpha value is -1.81. The minimum absolute atomic E-state index is 0.267. The summed E-state index contributed by atoms with van der Waals surface area (Å²) in [5.74, 6) is -3.59. The average molecular weight is 363 g/mol. The summed E-state index contributed by atoms with van der Waals surface area (Å²) in [7, 11) is 0. The van der Waals surface area contributed by atoms with Crippen molar-refractivity contribution in [2.75, 3.05) is 12.0 Å². The molecule has 0 aromatic carbocycles. The normalized spacial score (nSPS) is 14.5. The van der Waals surface area contributed by atoms with Gasteiger partial charge in [0, 0.05) is 0 Å². The van der Waals surface area contributed by atoms with E-state index in [-0.39, 0.29) is 12.3 Å². The van der Waals surface area contributed by atoms with Crippen molar-refractivity contribution >= 4 is 35.5 Å². The van der Waals surface area contributed by atoms with Crippen LogP contribution in [0, 0.1) is 5.92 Å². The Balaban J connectivity index is 4.97. The first kappa shape index (κ1) is 22.2. The minimum atomic E-state index is -1.28. The van der Waals surface area contributed by atoms with Crippen molar-refractivity contribution in [1.29, 1.82) is 0 Å². The zero-order chi connectivity index (χ0) is 18.9. The maximum Gasteiger partial charge on any atom is 0.326 e. The molecule has 0 saturated carbocycles. The fourth-order valence-corrected chi connectivity index (χ4v) is 2.30. The Morgan fingerprint density at radius 3 is 2.08 bits per heavy atom. The highest BCUT2D eigenvalue weighted by molar-refractivity contribution is 7.98. The lowest BCUT2D eigenvalue weighted by molar-refractivity contribution is -0.144. The molecule has 0 aliphatic rings. The molecule has 0 bridgehead atoms. The molecule has 0 saturated heterocycles. The third kappa shape index (κ3) is 8.16. The van der Waals surface area contributed by atoms with Crippen LogP contribution in [0.2, 0.25) is 0 Å².